The second-order valence-electron chi connectivity index (χ2n) is 7.58. The number of aliphatic hydroxyl groups excluding tert-OH is 1. The fourth-order valence-corrected chi connectivity index (χ4v) is 3.59. The number of aryl methyl sites for hydroxylation is 1. The Bertz CT molecular complexity index is 683. The van der Waals surface area contributed by atoms with Crippen LogP contribution in [0.25, 0.3) is 5.69 Å². The van der Waals surface area contributed by atoms with Gasteiger partial charge in [0, 0.05) is 24.8 Å². The van der Waals surface area contributed by atoms with Gasteiger partial charge in [-0.1, -0.05) is 25.5 Å². The molecule has 2 aromatic rings. The van der Waals surface area contributed by atoms with Crippen molar-refractivity contribution in [3.63, 3.8) is 0 Å². The molecule has 3 rings (SSSR count). The molecular weight excluding hydrogens is 326 g/mol. The molecule has 2 heterocycles. The van der Waals surface area contributed by atoms with Crippen LogP contribution in [-0.4, -0.2) is 50.2 Å². The van der Waals surface area contributed by atoms with Crippen molar-refractivity contribution in [2.24, 2.45) is 0 Å². The first-order chi connectivity index (χ1) is 12.6. The molecule has 1 fully saturated rings. The van der Waals surface area contributed by atoms with E-state index in [1.54, 1.807) is 0 Å². The van der Waals surface area contributed by atoms with E-state index in [4.69, 9.17) is 0 Å². The van der Waals surface area contributed by atoms with Gasteiger partial charge in [0.1, 0.15) is 0 Å². The Morgan fingerprint density at radius 2 is 1.92 bits per heavy atom. The number of unbranched alkanes of at least 4 members (excludes halogenated alkanes) is 1. The van der Waals surface area contributed by atoms with Gasteiger partial charge in [-0.15, -0.1) is 0 Å². The van der Waals surface area contributed by atoms with Crippen LogP contribution in [0.1, 0.15) is 50.2 Å². The van der Waals surface area contributed by atoms with Gasteiger partial charge in [-0.3, -0.25) is 4.90 Å². The molecule has 5 nitrogen and oxygen atoms in total. The van der Waals surface area contributed by atoms with E-state index >= 15 is 0 Å². The quantitative estimate of drug-likeness (QED) is 0.800. The van der Waals surface area contributed by atoms with Crippen LogP contribution in [0, 0.1) is 0 Å². The lowest BCUT2D eigenvalue weighted by molar-refractivity contribution is -0.0255. The minimum Gasteiger partial charge on any atom is -0.393 e. The van der Waals surface area contributed by atoms with Crippen LogP contribution >= 0.6 is 0 Å². The van der Waals surface area contributed by atoms with E-state index < -0.39 is 5.60 Å². The van der Waals surface area contributed by atoms with Crippen LogP contribution in [0.2, 0.25) is 0 Å². The summed E-state index contributed by atoms with van der Waals surface area (Å²) in [5.41, 5.74) is 2.73. The normalized spacial score (nSPS) is 21.7. The summed E-state index contributed by atoms with van der Waals surface area (Å²) in [7, 11) is 0. The van der Waals surface area contributed by atoms with Gasteiger partial charge in [0.05, 0.1) is 24.1 Å². The highest BCUT2D eigenvalue weighted by molar-refractivity contribution is 5.34. The van der Waals surface area contributed by atoms with Crippen molar-refractivity contribution in [3.05, 3.63) is 47.8 Å². The summed E-state index contributed by atoms with van der Waals surface area (Å²) in [6.07, 6.45) is 9.79. The number of rotatable bonds is 7. The van der Waals surface area contributed by atoms with Crippen molar-refractivity contribution in [2.45, 2.75) is 57.6 Å². The minimum absolute atomic E-state index is 0.146. The highest BCUT2D eigenvalue weighted by atomic mass is 16.3. The maximum absolute atomic E-state index is 10.3. The molecule has 1 saturated heterocycles. The fourth-order valence-electron chi connectivity index (χ4n) is 3.59. The van der Waals surface area contributed by atoms with Crippen molar-refractivity contribution >= 4 is 0 Å². The van der Waals surface area contributed by atoms with Gasteiger partial charge in [0.15, 0.2) is 0 Å². The summed E-state index contributed by atoms with van der Waals surface area (Å²) in [6, 6.07) is 8.65. The Hall–Kier alpha value is -1.69. The van der Waals surface area contributed by atoms with Crippen molar-refractivity contribution in [2.75, 3.05) is 19.7 Å². The van der Waals surface area contributed by atoms with Gasteiger partial charge >= 0.3 is 0 Å². The van der Waals surface area contributed by atoms with Gasteiger partial charge in [0.25, 0.3) is 0 Å². The van der Waals surface area contributed by atoms with Gasteiger partial charge in [0.2, 0.25) is 0 Å². The van der Waals surface area contributed by atoms with Crippen LogP contribution in [0.3, 0.4) is 0 Å². The average Bonchev–Trinajstić information content (AvgIpc) is 3.05. The molecule has 142 valence electrons. The van der Waals surface area contributed by atoms with Crippen molar-refractivity contribution in [1.82, 2.24) is 14.7 Å². The summed E-state index contributed by atoms with van der Waals surface area (Å²) in [5.74, 6) is 0. The van der Waals surface area contributed by atoms with E-state index in [2.05, 4.69) is 47.4 Å². The van der Waals surface area contributed by atoms with Gasteiger partial charge in [-0.25, -0.2) is 4.68 Å². The summed E-state index contributed by atoms with van der Waals surface area (Å²) in [5, 5.41) is 24.2. The molecule has 0 radical (unpaired) electrons. The molecule has 1 unspecified atom stereocenters. The van der Waals surface area contributed by atoms with Crippen molar-refractivity contribution in [1.29, 1.82) is 0 Å². The number of hydrogen-bond donors (Lipinski definition) is 2. The average molecular weight is 357 g/mol. The van der Waals surface area contributed by atoms with Crippen molar-refractivity contribution in [3.8, 4) is 5.69 Å². The van der Waals surface area contributed by atoms with E-state index in [-0.39, 0.29) is 6.61 Å². The van der Waals surface area contributed by atoms with Crippen LogP contribution in [0.15, 0.2) is 36.7 Å². The Balaban J connectivity index is 1.59. The van der Waals surface area contributed by atoms with E-state index in [1.165, 1.54) is 24.0 Å². The fraction of sp³-hybridized carbons (Fsp3) is 0.571. The van der Waals surface area contributed by atoms with Gasteiger partial charge in [-0.05, 0) is 56.3 Å². The Morgan fingerprint density at radius 1 is 1.12 bits per heavy atom. The zero-order chi connectivity index (χ0) is 18.4. The molecule has 26 heavy (non-hydrogen) atoms. The molecular formula is C21H31N3O2. The number of benzene rings is 1. The molecule has 2 N–H and O–H groups in total. The maximum atomic E-state index is 10.3. The third kappa shape index (κ3) is 4.93. The van der Waals surface area contributed by atoms with Gasteiger partial charge in [-0.2, -0.15) is 5.10 Å². The molecule has 5 heteroatoms. The molecule has 1 aliphatic heterocycles. The SMILES string of the molecule is CCCCc1ccc(-n2cc(CN3CCCC(O)(CO)CC3)cn2)cc1. The Kier molecular flexibility index (Phi) is 6.46. The van der Waals surface area contributed by atoms with Crippen LogP contribution in [-0.2, 0) is 13.0 Å². The number of aliphatic hydroxyl groups is 2. The molecule has 0 amide bonds. The lowest BCUT2D eigenvalue weighted by atomic mass is 9.96. The lowest BCUT2D eigenvalue weighted by Crippen LogP contribution is -2.34. The number of likely N-dealkylation sites (tertiary alicyclic amines) is 1. The zero-order valence-corrected chi connectivity index (χ0v) is 15.8. The first-order valence-corrected chi connectivity index (χ1v) is 9.80. The largest absolute Gasteiger partial charge is 0.393 e. The molecule has 1 atom stereocenters. The van der Waals surface area contributed by atoms with E-state index in [9.17, 15) is 10.2 Å². The van der Waals surface area contributed by atoms with E-state index in [0.29, 0.717) is 12.8 Å². The predicted octanol–water partition coefficient (Wildman–Crippen LogP) is 2.92. The zero-order valence-electron chi connectivity index (χ0n) is 15.8. The standard InChI is InChI=1S/C21H31N3O2/c1-2-3-5-18-6-8-20(9-7-18)24-16-19(14-22-24)15-23-12-4-10-21(26,17-25)11-13-23/h6-9,14,16,25-26H,2-5,10-13,15,17H2,1H3. The molecule has 0 saturated carbocycles. The number of hydrogen-bond acceptors (Lipinski definition) is 4. The summed E-state index contributed by atoms with van der Waals surface area (Å²) < 4.78 is 1.93. The molecule has 0 spiro atoms. The molecule has 1 aliphatic rings. The van der Waals surface area contributed by atoms with E-state index in [0.717, 1.165) is 38.2 Å². The Morgan fingerprint density at radius 3 is 2.65 bits per heavy atom. The predicted molar refractivity (Wildman–Crippen MR) is 103 cm³/mol. The topological polar surface area (TPSA) is 61.5 Å². The lowest BCUT2D eigenvalue weighted by Gasteiger charge is -2.24. The summed E-state index contributed by atoms with van der Waals surface area (Å²) >= 11 is 0. The summed E-state index contributed by atoms with van der Waals surface area (Å²) in [6.45, 7) is 4.64. The second-order valence-corrected chi connectivity index (χ2v) is 7.58. The molecule has 1 aromatic heterocycles. The van der Waals surface area contributed by atoms with Crippen LogP contribution in [0.5, 0.6) is 0 Å². The first kappa shape index (κ1) is 19.1. The Labute approximate surface area is 156 Å². The molecule has 0 aliphatic carbocycles. The monoisotopic (exact) mass is 357 g/mol. The third-order valence-corrected chi connectivity index (χ3v) is 5.37. The maximum Gasteiger partial charge on any atom is 0.0890 e. The third-order valence-electron chi connectivity index (χ3n) is 5.37. The van der Waals surface area contributed by atoms with Crippen LogP contribution in [0.4, 0.5) is 0 Å². The molecule has 0 bridgehead atoms. The second kappa shape index (κ2) is 8.80. The first-order valence-electron chi connectivity index (χ1n) is 9.80. The molecule has 1 aromatic carbocycles. The highest BCUT2D eigenvalue weighted by Crippen LogP contribution is 2.23. The van der Waals surface area contributed by atoms with E-state index in [1.807, 2.05) is 10.9 Å². The van der Waals surface area contributed by atoms with Crippen LogP contribution < -0.4 is 0 Å². The smallest absolute Gasteiger partial charge is 0.0890 e. The highest BCUT2D eigenvalue weighted by Gasteiger charge is 2.29. The number of aromatic nitrogens is 2. The minimum atomic E-state index is -0.904. The summed E-state index contributed by atoms with van der Waals surface area (Å²) in [4.78, 5) is 2.34. The van der Waals surface area contributed by atoms with Gasteiger partial charge < -0.3 is 10.2 Å². The van der Waals surface area contributed by atoms with Crippen molar-refractivity contribution < 1.29 is 10.2 Å². The number of nitrogens with zero attached hydrogens (tertiary/aromatic N) is 3.